The smallest absolute Gasteiger partial charge is 0.178 e. The summed E-state index contributed by atoms with van der Waals surface area (Å²) in [6, 6.07) is 15.8. The molecule has 2 aromatic carbocycles. The summed E-state index contributed by atoms with van der Waals surface area (Å²) in [4.78, 5) is 6.56. The number of aryl methyl sites for hydroxylation is 1. The van der Waals surface area contributed by atoms with Crippen LogP contribution in [0.5, 0.6) is 0 Å². The molecule has 1 saturated heterocycles. The molecule has 0 radical (unpaired) electrons. The highest BCUT2D eigenvalue weighted by molar-refractivity contribution is 8.14. The number of hydrogen-bond donors (Lipinski definition) is 1. The van der Waals surface area contributed by atoms with Crippen LogP contribution in [0.4, 0.5) is 0 Å². The third-order valence-corrected chi connectivity index (χ3v) is 6.94. The quantitative estimate of drug-likeness (QED) is 0.828. The first-order chi connectivity index (χ1) is 12.1. The Hall–Kier alpha value is -1.20. The van der Waals surface area contributed by atoms with E-state index in [0.29, 0.717) is 10.0 Å². The van der Waals surface area contributed by atoms with Crippen molar-refractivity contribution < 1.29 is 5.11 Å². The number of aliphatic imine (C=N–C) groups is 1. The fourth-order valence-electron chi connectivity index (χ4n) is 3.50. The average Bonchev–Trinajstić information content (AvgIpc) is 3.19. The van der Waals surface area contributed by atoms with E-state index in [1.165, 1.54) is 5.56 Å². The molecule has 2 unspecified atom stereocenters. The largest absolute Gasteiger partial charge is 0.366 e. The van der Waals surface area contributed by atoms with Crippen LogP contribution < -0.4 is 0 Å². The summed E-state index contributed by atoms with van der Waals surface area (Å²) >= 11 is 13.9. The van der Waals surface area contributed by atoms with E-state index in [1.807, 2.05) is 29.2 Å². The first-order valence-electron chi connectivity index (χ1n) is 8.29. The van der Waals surface area contributed by atoms with Crippen molar-refractivity contribution in [2.75, 3.05) is 13.1 Å². The summed E-state index contributed by atoms with van der Waals surface area (Å²) in [6.45, 7) is 1.44. The Morgan fingerprint density at radius 3 is 2.72 bits per heavy atom. The molecule has 0 bridgehead atoms. The minimum atomic E-state index is -1.11. The van der Waals surface area contributed by atoms with E-state index in [2.05, 4.69) is 17.1 Å². The van der Waals surface area contributed by atoms with E-state index in [9.17, 15) is 5.11 Å². The van der Waals surface area contributed by atoms with Crippen LogP contribution in [-0.4, -0.2) is 33.5 Å². The Balaban J connectivity index is 1.65. The van der Waals surface area contributed by atoms with Crippen molar-refractivity contribution in [2.24, 2.45) is 4.99 Å². The van der Waals surface area contributed by atoms with Crippen molar-refractivity contribution in [2.45, 2.75) is 23.8 Å². The standard InChI is InChI=1S/C19H18Cl2N2OS/c20-15-8-7-14(12-16(15)21)19(24)17(25-18-22-10-11-23(18)19)9-6-13-4-2-1-3-5-13/h1-5,7-8,12,17,24H,6,9-11H2. The van der Waals surface area contributed by atoms with Crippen molar-refractivity contribution in [3.8, 4) is 0 Å². The Bertz CT molecular complexity index is 814. The normalized spacial score (nSPS) is 25.2. The number of fused-ring (bicyclic) bond motifs is 1. The molecule has 2 atom stereocenters. The van der Waals surface area contributed by atoms with Gasteiger partial charge in [0.15, 0.2) is 10.9 Å². The van der Waals surface area contributed by atoms with Gasteiger partial charge in [0, 0.05) is 12.1 Å². The lowest BCUT2D eigenvalue weighted by Crippen LogP contribution is -2.48. The maximum absolute atomic E-state index is 11.7. The Labute approximate surface area is 161 Å². The number of benzene rings is 2. The lowest BCUT2D eigenvalue weighted by atomic mass is 9.93. The second kappa shape index (κ2) is 6.84. The number of hydrogen-bond acceptors (Lipinski definition) is 4. The third-order valence-electron chi connectivity index (χ3n) is 4.79. The SMILES string of the molecule is OC1(c2ccc(Cl)c(Cl)c2)C(CCc2ccccc2)SC2=NCCN21. The average molecular weight is 393 g/mol. The van der Waals surface area contributed by atoms with Gasteiger partial charge in [-0.05, 0) is 30.5 Å². The van der Waals surface area contributed by atoms with Crippen molar-refractivity contribution >= 4 is 40.1 Å². The first-order valence-corrected chi connectivity index (χ1v) is 9.93. The van der Waals surface area contributed by atoms with Crippen LogP contribution in [0.1, 0.15) is 17.5 Å². The number of aliphatic hydroxyl groups is 1. The molecule has 0 aromatic heterocycles. The fourth-order valence-corrected chi connectivity index (χ4v) is 5.24. The molecule has 4 rings (SSSR count). The van der Waals surface area contributed by atoms with Gasteiger partial charge >= 0.3 is 0 Å². The molecule has 0 spiro atoms. The topological polar surface area (TPSA) is 35.8 Å². The third kappa shape index (κ3) is 3.06. The van der Waals surface area contributed by atoms with Gasteiger partial charge in [0.1, 0.15) is 0 Å². The number of halogens is 2. The van der Waals surface area contributed by atoms with E-state index >= 15 is 0 Å². The van der Waals surface area contributed by atoms with Crippen LogP contribution in [0.25, 0.3) is 0 Å². The first kappa shape index (κ1) is 17.2. The van der Waals surface area contributed by atoms with E-state index in [1.54, 1.807) is 23.9 Å². The molecule has 25 heavy (non-hydrogen) atoms. The summed E-state index contributed by atoms with van der Waals surface area (Å²) in [5.74, 6) is 0. The van der Waals surface area contributed by atoms with Gasteiger partial charge in [-0.1, -0.05) is 71.4 Å². The predicted octanol–water partition coefficient (Wildman–Crippen LogP) is 4.56. The van der Waals surface area contributed by atoms with E-state index in [-0.39, 0.29) is 5.25 Å². The zero-order valence-corrected chi connectivity index (χ0v) is 15.9. The molecule has 0 amide bonds. The molecule has 1 N–H and O–H groups in total. The molecule has 2 aliphatic heterocycles. The van der Waals surface area contributed by atoms with Gasteiger partial charge in [0.2, 0.25) is 0 Å². The zero-order valence-electron chi connectivity index (χ0n) is 13.5. The van der Waals surface area contributed by atoms with Gasteiger partial charge in [-0.2, -0.15) is 0 Å². The van der Waals surface area contributed by atoms with Gasteiger partial charge in [0.05, 0.1) is 21.8 Å². The summed E-state index contributed by atoms with van der Waals surface area (Å²) in [5.41, 5.74) is 0.941. The molecular formula is C19H18Cl2N2OS. The maximum Gasteiger partial charge on any atom is 0.178 e. The van der Waals surface area contributed by atoms with Crippen molar-refractivity contribution in [3.05, 3.63) is 69.7 Å². The van der Waals surface area contributed by atoms with E-state index in [0.717, 1.165) is 36.7 Å². The number of rotatable bonds is 4. The summed E-state index contributed by atoms with van der Waals surface area (Å²) in [7, 11) is 0. The van der Waals surface area contributed by atoms with Gasteiger partial charge in [-0.15, -0.1) is 0 Å². The predicted molar refractivity (Wildman–Crippen MR) is 106 cm³/mol. The fraction of sp³-hybridized carbons (Fsp3) is 0.316. The second-order valence-corrected chi connectivity index (χ2v) is 8.29. The van der Waals surface area contributed by atoms with E-state index in [4.69, 9.17) is 23.2 Å². The van der Waals surface area contributed by atoms with Crippen LogP contribution in [0.3, 0.4) is 0 Å². The minimum Gasteiger partial charge on any atom is -0.366 e. The zero-order chi connectivity index (χ0) is 17.4. The second-order valence-electron chi connectivity index (χ2n) is 6.30. The van der Waals surface area contributed by atoms with Crippen molar-refractivity contribution in [3.63, 3.8) is 0 Å². The molecule has 6 heteroatoms. The number of nitrogens with zero attached hydrogens (tertiary/aromatic N) is 2. The van der Waals surface area contributed by atoms with Crippen LogP contribution in [0, 0.1) is 0 Å². The van der Waals surface area contributed by atoms with Crippen LogP contribution >= 0.6 is 35.0 Å². The highest BCUT2D eigenvalue weighted by Gasteiger charge is 2.53. The van der Waals surface area contributed by atoms with Gasteiger partial charge < -0.3 is 10.0 Å². The van der Waals surface area contributed by atoms with Crippen LogP contribution in [-0.2, 0) is 12.1 Å². The molecule has 0 aliphatic carbocycles. The maximum atomic E-state index is 11.7. The monoisotopic (exact) mass is 392 g/mol. The Morgan fingerprint density at radius 2 is 1.96 bits per heavy atom. The summed E-state index contributed by atoms with van der Waals surface area (Å²) in [5, 5.41) is 13.6. The highest BCUT2D eigenvalue weighted by Crippen LogP contribution is 2.48. The van der Waals surface area contributed by atoms with E-state index < -0.39 is 5.72 Å². The van der Waals surface area contributed by atoms with Crippen molar-refractivity contribution in [1.82, 2.24) is 4.90 Å². The summed E-state index contributed by atoms with van der Waals surface area (Å²) < 4.78 is 0. The molecule has 0 saturated carbocycles. The van der Waals surface area contributed by atoms with Crippen LogP contribution in [0.15, 0.2) is 53.5 Å². The van der Waals surface area contributed by atoms with Crippen LogP contribution in [0.2, 0.25) is 10.0 Å². The molecule has 2 aliphatic rings. The Kier molecular flexibility index (Phi) is 4.71. The number of thioether (sulfide) groups is 1. The lowest BCUT2D eigenvalue weighted by Gasteiger charge is -2.36. The molecule has 1 fully saturated rings. The van der Waals surface area contributed by atoms with Gasteiger partial charge in [-0.3, -0.25) is 4.99 Å². The lowest BCUT2D eigenvalue weighted by molar-refractivity contribution is -0.0671. The molecule has 3 nitrogen and oxygen atoms in total. The molecular weight excluding hydrogens is 375 g/mol. The Morgan fingerprint density at radius 1 is 1.16 bits per heavy atom. The molecule has 2 heterocycles. The van der Waals surface area contributed by atoms with Gasteiger partial charge in [0.25, 0.3) is 0 Å². The van der Waals surface area contributed by atoms with Crippen molar-refractivity contribution in [1.29, 1.82) is 0 Å². The summed E-state index contributed by atoms with van der Waals surface area (Å²) in [6.07, 6.45) is 1.75. The van der Waals surface area contributed by atoms with Gasteiger partial charge in [-0.25, -0.2) is 0 Å². The highest BCUT2D eigenvalue weighted by atomic mass is 35.5. The number of amidine groups is 1. The minimum absolute atomic E-state index is 0.0102. The molecule has 130 valence electrons. The molecule has 2 aromatic rings.